The lowest BCUT2D eigenvalue weighted by atomic mass is 10.1. The molecule has 0 amide bonds. The van der Waals surface area contributed by atoms with Crippen molar-refractivity contribution in [2.24, 2.45) is 0 Å². The fraction of sp³-hybridized carbons (Fsp3) is 0.211. The van der Waals surface area contributed by atoms with E-state index in [-0.39, 0.29) is 12.6 Å². The number of nitrogens with zero attached hydrogens (tertiary/aromatic N) is 2. The molecule has 0 spiro atoms. The number of hydrogen-bond acceptors (Lipinski definition) is 6. The van der Waals surface area contributed by atoms with E-state index >= 15 is 0 Å². The number of carbonyl (C=O) groups excluding carboxylic acids is 1. The van der Waals surface area contributed by atoms with Gasteiger partial charge < -0.3 is 9.26 Å². The number of aryl methyl sites for hydroxylation is 2. The summed E-state index contributed by atoms with van der Waals surface area (Å²) >= 11 is 1.43. The number of carbonyl (C=O) groups is 1. The van der Waals surface area contributed by atoms with Gasteiger partial charge in [0.25, 0.3) is 0 Å². The van der Waals surface area contributed by atoms with Gasteiger partial charge in [-0.1, -0.05) is 46.7 Å². The Morgan fingerprint density at radius 3 is 2.84 bits per heavy atom. The molecule has 2 aromatic heterocycles. The van der Waals surface area contributed by atoms with Gasteiger partial charge in [-0.2, -0.15) is 0 Å². The third kappa shape index (κ3) is 4.70. The third-order valence-electron chi connectivity index (χ3n) is 3.48. The Morgan fingerprint density at radius 1 is 1.20 bits per heavy atom. The molecule has 0 aliphatic heterocycles. The van der Waals surface area contributed by atoms with Gasteiger partial charge in [-0.25, -0.2) is 9.78 Å². The van der Waals surface area contributed by atoms with Crippen LogP contribution in [0.1, 0.15) is 32.9 Å². The van der Waals surface area contributed by atoms with Crippen LogP contribution in [0.25, 0.3) is 0 Å². The lowest BCUT2D eigenvalue weighted by molar-refractivity contribution is 0.0467. The van der Waals surface area contributed by atoms with Gasteiger partial charge in [-0.15, -0.1) is 0 Å². The van der Waals surface area contributed by atoms with E-state index in [0.717, 1.165) is 22.6 Å². The first-order valence-electron chi connectivity index (χ1n) is 7.84. The average Bonchev–Trinajstić information content (AvgIpc) is 3.03. The van der Waals surface area contributed by atoms with E-state index in [1.807, 2.05) is 44.2 Å². The first-order chi connectivity index (χ1) is 12.1. The van der Waals surface area contributed by atoms with Crippen LogP contribution in [0.2, 0.25) is 0 Å². The maximum absolute atomic E-state index is 12.4. The lowest BCUT2D eigenvalue weighted by Gasteiger charge is -2.08. The number of esters is 1. The van der Waals surface area contributed by atoms with E-state index in [4.69, 9.17) is 9.26 Å². The number of aromatic nitrogens is 2. The van der Waals surface area contributed by atoms with Crippen LogP contribution >= 0.6 is 11.8 Å². The highest BCUT2D eigenvalue weighted by Gasteiger charge is 2.15. The molecule has 0 aliphatic carbocycles. The first kappa shape index (κ1) is 17.2. The number of ether oxygens (including phenoxy) is 1. The molecule has 0 fully saturated rings. The minimum absolute atomic E-state index is 0.238. The molecule has 0 atom stereocenters. The molecule has 0 saturated heterocycles. The number of rotatable bonds is 6. The molecule has 0 radical (unpaired) electrons. The van der Waals surface area contributed by atoms with Gasteiger partial charge in [0, 0.05) is 18.0 Å². The molecule has 0 aliphatic rings. The molecular weight excluding hydrogens is 336 g/mol. The molecular formula is C19H18N2O3S. The largest absolute Gasteiger partial charge is 0.457 e. The van der Waals surface area contributed by atoms with Crippen LogP contribution in [0.15, 0.2) is 58.2 Å². The fourth-order valence-corrected chi connectivity index (χ4v) is 3.18. The summed E-state index contributed by atoms with van der Waals surface area (Å²) < 4.78 is 10.5. The molecule has 0 unspecified atom stereocenters. The van der Waals surface area contributed by atoms with Gasteiger partial charge in [0.05, 0.1) is 11.3 Å². The molecule has 2 heterocycles. The van der Waals surface area contributed by atoms with Gasteiger partial charge in [0.15, 0.2) is 0 Å². The first-order valence-corrected chi connectivity index (χ1v) is 8.83. The van der Waals surface area contributed by atoms with Crippen molar-refractivity contribution in [3.8, 4) is 0 Å². The molecule has 0 N–H and O–H groups in total. The second kappa shape index (κ2) is 7.98. The van der Waals surface area contributed by atoms with Crippen molar-refractivity contribution >= 4 is 17.7 Å². The summed E-state index contributed by atoms with van der Waals surface area (Å²) in [6.45, 7) is 4.09. The van der Waals surface area contributed by atoms with Gasteiger partial charge in [0.1, 0.15) is 17.4 Å². The maximum atomic E-state index is 12.4. The van der Waals surface area contributed by atoms with E-state index in [9.17, 15) is 4.79 Å². The number of hydrogen-bond donors (Lipinski definition) is 0. The average molecular weight is 354 g/mol. The summed E-state index contributed by atoms with van der Waals surface area (Å²) in [4.78, 5) is 16.7. The summed E-state index contributed by atoms with van der Waals surface area (Å²) in [7, 11) is 0. The van der Waals surface area contributed by atoms with Crippen LogP contribution in [0, 0.1) is 13.8 Å². The van der Waals surface area contributed by atoms with E-state index in [1.165, 1.54) is 11.8 Å². The number of pyridine rings is 1. The van der Waals surface area contributed by atoms with Gasteiger partial charge >= 0.3 is 5.97 Å². The van der Waals surface area contributed by atoms with E-state index in [0.29, 0.717) is 16.3 Å². The smallest absolute Gasteiger partial charge is 0.341 e. The standard InChI is InChI=1S/C19H18N2O3S/c1-13-5-3-6-15(9-13)11-23-19(22)17-7-4-8-20-18(17)25-12-16-10-14(2)24-21-16/h3-10H,11-12H2,1-2H3. The predicted molar refractivity (Wildman–Crippen MR) is 95.3 cm³/mol. The Labute approximate surface area is 150 Å². The van der Waals surface area contributed by atoms with Crippen LogP contribution in [-0.2, 0) is 17.1 Å². The summed E-state index contributed by atoms with van der Waals surface area (Å²) in [5.74, 6) is 0.954. The Balaban J connectivity index is 1.65. The monoisotopic (exact) mass is 354 g/mol. The minimum Gasteiger partial charge on any atom is -0.457 e. The Hall–Kier alpha value is -2.60. The van der Waals surface area contributed by atoms with Crippen LogP contribution in [0.4, 0.5) is 0 Å². The Morgan fingerprint density at radius 2 is 2.08 bits per heavy atom. The Kier molecular flexibility index (Phi) is 5.50. The Bertz CT molecular complexity index is 876. The summed E-state index contributed by atoms with van der Waals surface area (Å²) in [5.41, 5.74) is 3.37. The minimum atomic E-state index is -0.381. The predicted octanol–water partition coefficient (Wildman–Crippen LogP) is 4.34. The van der Waals surface area contributed by atoms with Crippen molar-refractivity contribution in [1.82, 2.24) is 10.1 Å². The van der Waals surface area contributed by atoms with Crippen LogP contribution in [0.3, 0.4) is 0 Å². The molecule has 5 nitrogen and oxygen atoms in total. The van der Waals surface area contributed by atoms with E-state index in [2.05, 4.69) is 10.1 Å². The summed E-state index contributed by atoms with van der Waals surface area (Å²) in [6, 6.07) is 13.2. The highest BCUT2D eigenvalue weighted by atomic mass is 32.2. The number of benzene rings is 1. The topological polar surface area (TPSA) is 65.2 Å². The van der Waals surface area contributed by atoms with Gasteiger partial charge in [0.2, 0.25) is 0 Å². The summed E-state index contributed by atoms with van der Waals surface area (Å²) in [5, 5.41) is 4.57. The van der Waals surface area contributed by atoms with Crippen molar-refractivity contribution in [2.45, 2.75) is 31.2 Å². The van der Waals surface area contributed by atoms with Crippen molar-refractivity contribution in [3.05, 3.63) is 76.8 Å². The second-order valence-corrected chi connectivity index (χ2v) is 6.60. The molecule has 6 heteroatoms. The van der Waals surface area contributed by atoms with Gasteiger partial charge in [-0.05, 0) is 31.5 Å². The van der Waals surface area contributed by atoms with Crippen molar-refractivity contribution in [3.63, 3.8) is 0 Å². The van der Waals surface area contributed by atoms with Gasteiger partial charge in [-0.3, -0.25) is 0 Å². The van der Waals surface area contributed by atoms with Crippen molar-refractivity contribution in [2.75, 3.05) is 0 Å². The van der Waals surface area contributed by atoms with Crippen molar-refractivity contribution < 1.29 is 14.1 Å². The zero-order valence-electron chi connectivity index (χ0n) is 14.1. The van der Waals surface area contributed by atoms with Crippen LogP contribution in [0.5, 0.6) is 0 Å². The molecule has 3 rings (SSSR count). The van der Waals surface area contributed by atoms with Crippen LogP contribution in [-0.4, -0.2) is 16.1 Å². The highest BCUT2D eigenvalue weighted by molar-refractivity contribution is 7.98. The molecule has 0 saturated carbocycles. The lowest BCUT2D eigenvalue weighted by Crippen LogP contribution is -2.07. The van der Waals surface area contributed by atoms with E-state index in [1.54, 1.807) is 18.3 Å². The molecule has 128 valence electrons. The third-order valence-corrected chi connectivity index (χ3v) is 4.52. The number of thioether (sulfide) groups is 1. The van der Waals surface area contributed by atoms with Crippen molar-refractivity contribution in [1.29, 1.82) is 0 Å². The molecule has 1 aromatic carbocycles. The fourth-order valence-electron chi connectivity index (χ4n) is 2.32. The quantitative estimate of drug-likeness (QED) is 0.485. The zero-order valence-corrected chi connectivity index (χ0v) is 14.9. The van der Waals surface area contributed by atoms with E-state index < -0.39 is 0 Å². The SMILES string of the molecule is Cc1cccc(COC(=O)c2cccnc2SCc2cc(C)on2)c1. The molecule has 3 aromatic rings. The molecule has 0 bridgehead atoms. The molecule has 25 heavy (non-hydrogen) atoms. The normalized spacial score (nSPS) is 10.6. The van der Waals surface area contributed by atoms with Crippen LogP contribution < -0.4 is 0 Å². The summed E-state index contributed by atoms with van der Waals surface area (Å²) in [6.07, 6.45) is 1.66. The zero-order chi connectivity index (χ0) is 17.6. The maximum Gasteiger partial charge on any atom is 0.341 e. The highest BCUT2D eigenvalue weighted by Crippen LogP contribution is 2.25. The second-order valence-electron chi connectivity index (χ2n) is 5.64.